The van der Waals surface area contributed by atoms with E-state index in [1.54, 1.807) is 7.11 Å². The van der Waals surface area contributed by atoms with Gasteiger partial charge in [0.05, 0.1) is 13.2 Å². The van der Waals surface area contributed by atoms with Crippen molar-refractivity contribution in [3.63, 3.8) is 0 Å². The predicted octanol–water partition coefficient (Wildman–Crippen LogP) is 3.24. The van der Waals surface area contributed by atoms with Gasteiger partial charge in [-0.1, -0.05) is 20.8 Å². The van der Waals surface area contributed by atoms with Crippen LogP contribution in [-0.4, -0.2) is 40.0 Å². The molecule has 0 fully saturated rings. The van der Waals surface area contributed by atoms with E-state index in [9.17, 15) is 0 Å². The maximum atomic E-state index is 5.54. The number of ether oxygens (including phenoxy) is 2. The van der Waals surface area contributed by atoms with Gasteiger partial charge in [-0.3, -0.25) is 0 Å². The first kappa shape index (κ1) is 17.9. The Morgan fingerprint density at radius 3 is 2.28 bits per heavy atom. The molecule has 0 spiro atoms. The van der Waals surface area contributed by atoms with Crippen LogP contribution in [0, 0.1) is 5.41 Å². The van der Waals surface area contributed by atoms with Crippen LogP contribution in [-0.2, 0) is 9.47 Å². The van der Waals surface area contributed by atoms with E-state index >= 15 is 0 Å². The van der Waals surface area contributed by atoms with E-state index < -0.39 is 0 Å². The van der Waals surface area contributed by atoms with E-state index in [0.29, 0.717) is 12.0 Å². The summed E-state index contributed by atoms with van der Waals surface area (Å²) in [5.41, 5.74) is 0.458. The van der Waals surface area contributed by atoms with Gasteiger partial charge in [0.25, 0.3) is 0 Å². The normalized spacial score (nSPS) is 12.0. The van der Waals surface area contributed by atoms with Crippen molar-refractivity contribution < 1.29 is 9.47 Å². The number of hydrogen-bond donors (Lipinski definition) is 1. The molecule has 0 aromatic heterocycles. The van der Waals surface area contributed by atoms with Crippen molar-refractivity contribution in [3.8, 4) is 0 Å². The Labute approximate surface area is 114 Å². The summed E-state index contributed by atoms with van der Waals surface area (Å²) in [6.07, 6.45) is 6.11. The number of rotatable bonds is 13. The van der Waals surface area contributed by atoms with Crippen LogP contribution >= 0.6 is 0 Å². The molecule has 0 radical (unpaired) electrons. The lowest BCUT2D eigenvalue weighted by Crippen LogP contribution is -2.34. The largest absolute Gasteiger partial charge is 0.382 e. The first-order chi connectivity index (χ1) is 8.74. The molecule has 18 heavy (non-hydrogen) atoms. The van der Waals surface area contributed by atoms with E-state index in [1.165, 1.54) is 25.7 Å². The summed E-state index contributed by atoms with van der Waals surface area (Å²) >= 11 is 0. The Bertz CT molecular complexity index is 170. The molecule has 0 saturated heterocycles. The predicted molar refractivity (Wildman–Crippen MR) is 78.1 cm³/mol. The van der Waals surface area contributed by atoms with E-state index in [0.717, 1.165) is 32.7 Å². The minimum absolute atomic E-state index is 0.458. The minimum atomic E-state index is 0.458. The molecular formula is C15H33NO2. The van der Waals surface area contributed by atoms with Crippen LogP contribution in [0.3, 0.4) is 0 Å². The molecule has 0 bridgehead atoms. The molecular weight excluding hydrogens is 226 g/mol. The van der Waals surface area contributed by atoms with Crippen LogP contribution in [0.1, 0.15) is 52.9 Å². The third-order valence-electron chi connectivity index (χ3n) is 3.85. The lowest BCUT2D eigenvalue weighted by Gasteiger charge is -2.32. The lowest BCUT2D eigenvalue weighted by molar-refractivity contribution is 0.0624. The molecule has 0 unspecified atom stereocenters. The number of methoxy groups -OCH3 is 1. The highest BCUT2D eigenvalue weighted by molar-refractivity contribution is 4.79. The summed E-state index contributed by atoms with van der Waals surface area (Å²) in [5, 5.41) is 3.58. The molecule has 0 aromatic rings. The molecule has 0 aliphatic carbocycles. The van der Waals surface area contributed by atoms with Crippen LogP contribution < -0.4 is 5.32 Å². The van der Waals surface area contributed by atoms with E-state index in [1.807, 2.05) is 0 Å². The third-order valence-corrected chi connectivity index (χ3v) is 3.85. The summed E-state index contributed by atoms with van der Waals surface area (Å²) in [6, 6.07) is 0. The van der Waals surface area contributed by atoms with Crippen LogP contribution in [0.25, 0.3) is 0 Å². The topological polar surface area (TPSA) is 30.5 Å². The molecule has 0 heterocycles. The van der Waals surface area contributed by atoms with Crippen molar-refractivity contribution in [1.82, 2.24) is 5.32 Å². The Morgan fingerprint density at radius 2 is 1.72 bits per heavy atom. The summed E-state index contributed by atoms with van der Waals surface area (Å²) in [4.78, 5) is 0. The second kappa shape index (κ2) is 11.9. The summed E-state index contributed by atoms with van der Waals surface area (Å²) in [5.74, 6) is 0. The first-order valence-electron chi connectivity index (χ1n) is 7.52. The first-order valence-corrected chi connectivity index (χ1v) is 7.52. The molecule has 0 aromatic carbocycles. The molecule has 3 heteroatoms. The second-order valence-electron chi connectivity index (χ2n) is 5.09. The van der Waals surface area contributed by atoms with Crippen LogP contribution in [0.15, 0.2) is 0 Å². The highest BCUT2D eigenvalue weighted by atomic mass is 16.5. The Balaban J connectivity index is 3.79. The fourth-order valence-corrected chi connectivity index (χ4v) is 2.27. The average molecular weight is 259 g/mol. The van der Waals surface area contributed by atoms with Crippen molar-refractivity contribution in [2.75, 3.05) is 40.0 Å². The molecule has 0 amide bonds. The second-order valence-corrected chi connectivity index (χ2v) is 5.09. The molecule has 3 nitrogen and oxygen atoms in total. The third kappa shape index (κ3) is 8.06. The summed E-state index contributed by atoms with van der Waals surface area (Å²) in [7, 11) is 1.71. The zero-order valence-corrected chi connectivity index (χ0v) is 12.9. The molecule has 0 aliphatic heterocycles. The number of nitrogens with one attached hydrogen (secondary N) is 1. The van der Waals surface area contributed by atoms with Gasteiger partial charge in [-0.05, 0) is 44.1 Å². The molecule has 0 aliphatic rings. The smallest absolute Gasteiger partial charge is 0.0700 e. The van der Waals surface area contributed by atoms with Gasteiger partial charge in [0.15, 0.2) is 0 Å². The van der Waals surface area contributed by atoms with Crippen LogP contribution in [0.2, 0.25) is 0 Å². The van der Waals surface area contributed by atoms with Gasteiger partial charge in [0.2, 0.25) is 0 Å². The van der Waals surface area contributed by atoms with Crippen molar-refractivity contribution in [3.05, 3.63) is 0 Å². The van der Waals surface area contributed by atoms with Crippen molar-refractivity contribution >= 4 is 0 Å². The Kier molecular flexibility index (Phi) is 11.9. The standard InChI is InChI=1S/C15H33NO2/c1-5-10-16-14-15(6-2,7-3)9-8-11-18-13-12-17-4/h16H,5-14H2,1-4H3. The molecule has 110 valence electrons. The van der Waals surface area contributed by atoms with Gasteiger partial charge >= 0.3 is 0 Å². The van der Waals surface area contributed by atoms with Gasteiger partial charge < -0.3 is 14.8 Å². The average Bonchev–Trinajstić information content (AvgIpc) is 2.41. The zero-order valence-electron chi connectivity index (χ0n) is 12.9. The summed E-state index contributed by atoms with van der Waals surface area (Å²) in [6.45, 7) is 11.4. The molecule has 0 rings (SSSR count). The van der Waals surface area contributed by atoms with Gasteiger partial charge in [-0.15, -0.1) is 0 Å². The molecule has 1 N–H and O–H groups in total. The summed E-state index contributed by atoms with van der Waals surface area (Å²) < 4.78 is 10.5. The maximum Gasteiger partial charge on any atom is 0.0700 e. The quantitative estimate of drug-likeness (QED) is 0.515. The monoisotopic (exact) mass is 259 g/mol. The van der Waals surface area contributed by atoms with Crippen molar-refractivity contribution in [2.24, 2.45) is 5.41 Å². The molecule has 0 saturated carbocycles. The van der Waals surface area contributed by atoms with Crippen molar-refractivity contribution in [1.29, 1.82) is 0 Å². The van der Waals surface area contributed by atoms with Crippen LogP contribution in [0.5, 0.6) is 0 Å². The van der Waals surface area contributed by atoms with Gasteiger partial charge in [0.1, 0.15) is 0 Å². The minimum Gasteiger partial charge on any atom is -0.382 e. The fraction of sp³-hybridized carbons (Fsp3) is 1.00. The zero-order chi connectivity index (χ0) is 13.7. The van der Waals surface area contributed by atoms with Gasteiger partial charge in [0, 0.05) is 20.3 Å². The highest BCUT2D eigenvalue weighted by Crippen LogP contribution is 2.31. The van der Waals surface area contributed by atoms with Gasteiger partial charge in [-0.2, -0.15) is 0 Å². The highest BCUT2D eigenvalue weighted by Gasteiger charge is 2.24. The Hall–Kier alpha value is -0.120. The molecule has 0 atom stereocenters. The van der Waals surface area contributed by atoms with E-state index in [4.69, 9.17) is 9.47 Å². The van der Waals surface area contributed by atoms with Crippen molar-refractivity contribution in [2.45, 2.75) is 52.9 Å². The van der Waals surface area contributed by atoms with Gasteiger partial charge in [-0.25, -0.2) is 0 Å². The van der Waals surface area contributed by atoms with E-state index in [-0.39, 0.29) is 0 Å². The van der Waals surface area contributed by atoms with E-state index in [2.05, 4.69) is 26.1 Å². The Morgan fingerprint density at radius 1 is 1.00 bits per heavy atom. The fourth-order valence-electron chi connectivity index (χ4n) is 2.27. The number of hydrogen-bond acceptors (Lipinski definition) is 3. The SMILES string of the molecule is CCCNCC(CC)(CC)CCCOCCOC. The maximum absolute atomic E-state index is 5.54. The van der Waals surface area contributed by atoms with Crippen LogP contribution in [0.4, 0.5) is 0 Å². The lowest BCUT2D eigenvalue weighted by atomic mass is 9.78.